The van der Waals surface area contributed by atoms with Gasteiger partial charge in [-0.25, -0.2) is 0 Å². The molecule has 1 aromatic heterocycles. The highest BCUT2D eigenvalue weighted by molar-refractivity contribution is 5.95. The summed E-state index contributed by atoms with van der Waals surface area (Å²) >= 11 is 0. The third-order valence-electron chi connectivity index (χ3n) is 5.12. The van der Waals surface area contributed by atoms with Gasteiger partial charge < -0.3 is 14.4 Å². The Bertz CT molecular complexity index is 757. The van der Waals surface area contributed by atoms with Crippen molar-refractivity contribution in [3.63, 3.8) is 0 Å². The number of fused-ring (bicyclic) bond motifs is 1. The Kier molecular flexibility index (Phi) is 5.04. The zero-order valence-corrected chi connectivity index (χ0v) is 14.9. The molecule has 2 aromatic rings. The maximum Gasteiger partial charge on any atom is 0.254 e. The van der Waals surface area contributed by atoms with Gasteiger partial charge >= 0.3 is 0 Å². The Morgan fingerprint density at radius 3 is 2.62 bits per heavy atom. The van der Waals surface area contributed by atoms with E-state index in [2.05, 4.69) is 4.98 Å². The number of benzene rings is 1. The average molecular weight is 352 g/mol. The minimum atomic E-state index is 0.0412. The zero-order chi connectivity index (χ0) is 17.8. The quantitative estimate of drug-likeness (QED) is 0.839. The largest absolute Gasteiger partial charge is 0.486 e. The fraction of sp³-hybridized carbons (Fsp3) is 0.429. The van der Waals surface area contributed by atoms with Crippen LogP contribution in [0.2, 0.25) is 0 Å². The highest BCUT2D eigenvalue weighted by Crippen LogP contribution is 2.32. The number of rotatable bonds is 4. The highest BCUT2D eigenvalue weighted by atomic mass is 16.6. The molecule has 2 heterocycles. The van der Waals surface area contributed by atoms with E-state index in [1.165, 1.54) is 19.3 Å². The lowest BCUT2D eigenvalue weighted by Crippen LogP contribution is -2.41. The fourth-order valence-electron chi connectivity index (χ4n) is 3.77. The fourth-order valence-corrected chi connectivity index (χ4v) is 3.77. The molecule has 4 rings (SSSR count). The van der Waals surface area contributed by atoms with Gasteiger partial charge in [0.05, 0.1) is 12.2 Å². The van der Waals surface area contributed by atoms with Gasteiger partial charge in [-0.15, -0.1) is 0 Å². The summed E-state index contributed by atoms with van der Waals surface area (Å²) in [5.41, 5.74) is 1.57. The van der Waals surface area contributed by atoms with Crippen LogP contribution in [0, 0.1) is 0 Å². The first-order chi connectivity index (χ1) is 12.8. The molecule has 1 aliphatic carbocycles. The van der Waals surface area contributed by atoms with Gasteiger partial charge in [0.25, 0.3) is 5.91 Å². The van der Waals surface area contributed by atoms with Crippen LogP contribution >= 0.6 is 0 Å². The maximum atomic E-state index is 13.3. The van der Waals surface area contributed by atoms with Crippen LogP contribution in [0.15, 0.2) is 42.6 Å². The van der Waals surface area contributed by atoms with E-state index in [-0.39, 0.29) is 11.9 Å². The van der Waals surface area contributed by atoms with Crippen LogP contribution < -0.4 is 9.47 Å². The van der Waals surface area contributed by atoms with Crippen LogP contribution in [0.25, 0.3) is 0 Å². The summed E-state index contributed by atoms with van der Waals surface area (Å²) in [5, 5.41) is 0. The Morgan fingerprint density at radius 1 is 1.04 bits per heavy atom. The molecule has 2 aliphatic rings. The lowest BCUT2D eigenvalue weighted by molar-refractivity contribution is 0.0610. The van der Waals surface area contributed by atoms with Crippen LogP contribution in [0.4, 0.5) is 0 Å². The molecule has 1 aliphatic heterocycles. The number of pyridine rings is 1. The van der Waals surface area contributed by atoms with Crippen molar-refractivity contribution in [2.45, 2.75) is 44.7 Å². The smallest absolute Gasteiger partial charge is 0.254 e. The summed E-state index contributed by atoms with van der Waals surface area (Å²) in [6.07, 6.45) is 7.51. The number of ether oxygens (including phenoxy) is 2. The van der Waals surface area contributed by atoms with Crippen LogP contribution in [0.3, 0.4) is 0 Å². The van der Waals surface area contributed by atoms with Gasteiger partial charge in [0.15, 0.2) is 11.5 Å². The molecule has 136 valence electrons. The molecule has 0 unspecified atom stereocenters. The lowest BCUT2D eigenvalue weighted by atomic mass is 9.93. The number of aromatic nitrogens is 1. The minimum Gasteiger partial charge on any atom is -0.486 e. The molecule has 26 heavy (non-hydrogen) atoms. The SMILES string of the molecule is O=C(c1ccc2c(c1)OCCO2)N(Cc1ccccn1)C1CCCCC1. The van der Waals surface area contributed by atoms with Crippen LogP contribution in [0.1, 0.15) is 48.2 Å². The number of amides is 1. The Hall–Kier alpha value is -2.56. The van der Waals surface area contributed by atoms with Crippen molar-refractivity contribution >= 4 is 5.91 Å². The molecule has 0 N–H and O–H groups in total. The topological polar surface area (TPSA) is 51.7 Å². The number of carbonyl (C=O) groups excluding carboxylic acids is 1. The molecule has 1 fully saturated rings. The third kappa shape index (κ3) is 3.66. The predicted molar refractivity (Wildman–Crippen MR) is 98.4 cm³/mol. The molecule has 1 saturated carbocycles. The van der Waals surface area contributed by atoms with E-state index in [1.807, 2.05) is 41.3 Å². The van der Waals surface area contributed by atoms with E-state index < -0.39 is 0 Å². The standard InChI is InChI=1S/C21H24N2O3/c24-21(16-9-10-19-20(14-16)26-13-12-25-19)23(18-7-2-1-3-8-18)15-17-6-4-5-11-22-17/h4-6,9-11,14,18H,1-3,7-8,12-13,15H2. The highest BCUT2D eigenvalue weighted by Gasteiger charge is 2.27. The molecule has 0 radical (unpaired) electrons. The number of hydrogen-bond donors (Lipinski definition) is 0. The molecular weight excluding hydrogens is 328 g/mol. The van der Waals surface area contributed by atoms with Crippen molar-refractivity contribution in [3.05, 3.63) is 53.9 Å². The van der Waals surface area contributed by atoms with Gasteiger partial charge in [-0.3, -0.25) is 9.78 Å². The summed E-state index contributed by atoms with van der Waals surface area (Å²) in [4.78, 5) is 19.8. The molecule has 1 amide bonds. The van der Waals surface area contributed by atoms with E-state index in [4.69, 9.17) is 9.47 Å². The molecule has 0 bridgehead atoms. The van der Waals surface area contributed by atoms with Gasteiger partial charge in [0.2, 0.25) is 0 Å². The minimum absolute atomic E-state index is 0.0412. The Morgan fingerprint density at radius 2 is 1.85 bits per heavy atom. The van der Waals surface area contributed by atoms with Gasteiger partial charge in [-0.2, -0.15) is 0 Å². The van der Waals surface area contributed by atoms with Crippen LogP contribution in [0.5, 0.6) is 11.5 Å². The van der Waals surface area contributed by atoms with E-state index >= 15 is 0 Å². The van der Waals surface area contributed by atoms with Gasteiger partial charge in [0, 0.05) is 17.8 Å². The Labute approximate surface area is 153 Å². The normalized spacial score (nSPS) is 16.9. The first-order valence-electron chi connectivity index (χ1n) is 9.42. The van der Waals surface area contributed by atoms with Crippen LogP contribution in [-0.4, -0.2) is 35.0 Å². The first kappa shape index (κ1) is 16.9. The van der Waals surface area contributed by atoms with Gasteiger partial charge in [0.1, 0.15) is 13.2 Å². The number of nitrogens with zero attached hydrogens (tertiary/aromatic N) is 2. The van der Waals surface area contributed by atoms with Crippen LogP contribution in [-0.2, 0) is 6.54 Å². The summed E-state index contributed by atoms with van der Waals surface area (Å²) in [5.74, 6) is 1.41. The number of hydrogen-bond acceptors (Lipinski definition) is 4. The molecule has 0 atom stereocenters. The molecule has 1 aromatic carbocycles. The monoisotopic (exact) mass is 352 g/mol. The molecule has 0 saturated heterocycles. The second-order valence-electron chi connectivity index (χ2n) is 6.90. The second kappa shape index (κ2) is 7.77. The molecular formula is C21H24N2O3. The van der Waals surface area contributed by atoms with Crippen molar-refractivity contribution in [2.24, 2.45) is 0 Å². The summed E-state index contributed by atoms with van der Waals surface area (Å²) in [6.45, 7) is 1.61. The molecule has 5 heteroatoms. The summed E-state index contributed by atoms with van der Waals surface area (Å²) in [7, 11) is 0. The van der Waals surface area contributed by atoms with Gasteiger partial charge in [-0.05, 0) is 43.2 Å². The first-order valence-corrected chi connectivity index (χ1v) is 9.42. The summed E-state index contributed by atoms with van der Waals surface area (Å²) in [6, 6.07) is 11.6. The third-order valence-corrected chi connectivity index (χ3v) is 5.12. The van der Waals surface area contributed by atoms with Crippen molar-refractivity contribution in [2.75, 3.05) is 13.2 Å². The average Bonchev–Trinajstić information content (AvgIpc) is 2.72. The van der Waals surface area contributed by atoms with Crippen molar-refractivity contribution < 1.29 is 14.3 Å². The molecule has 0 spiro atoms. The van der Waals surface area contributed by atoms with E-state index in [9.17, 15) is 4.79 Å². The summed E-state index contributed by atoms with van der Waals surface area (Å²) < 4.78 is 11.2. The number of carbonyl (C=O) groups is 1. The van der Waals surface area contributed by atoms with Crippen molar-refractivity contribution in [3.8, 4) is 11.5 Å². The van der Waals surface area contributed by atoms with Crippen molar-refractivity contribution in [1.82, 2.24) is 9.88 Å². The Balaban J connectivity index is 1.60. The maximum absolute atomic E-state index is 13.3. The van der Waals surface area contributed by atoms with E-state index in [0.717, 1.165) is 18.5 Å². The zero-order valence-electron chi connectivity index (χ0n) is 14.9. The lowest BCUT2D eigenvalue weighted by Gasteiger charge is -2.34. The predicted octanol–water partition coefficient (Wildman–Crippen LogP) is 3.83. The van der Waals surface area contributed by atoms with E-state index in [0.29, 0.717) is 36.8 Å². The van der Waals surface area contributed by atoms with E-state index in [1.54, 1.807) is 6.20 Å². The second-order valence-corrected chi connectivity index (χ2v) is 6.90. The molecule has 5 nitrogen and oxygen atoms in total. The van der Waals surface area contributed by atoms with Crippen molar-refractivity contribution in [1.29, 1.82) is 0 Å². The van der Waals surface area contributed by atoms with Gasteiger partial charge in [-0.1, -0.05) is 25.3 Å².